The van der Waals surface area contributed by atoms with Crippen LogP contribution in [0.1, 0.15) is 42.7 Å². The Bertz CT molecular complexity index is 342. The molecule has 0 aliphatic heterocycles. The maximum atomic E-state index is 11.6. The Morgan fingerprint density at radius 3 is 2.67 bits per heavy atom. The lowest BCUT2D eigenvalue weighted by atomic mass is 10.1. The Kier molecular flexibility index (Phi) is 3.77. The third-order valence-corrected chi connectivity index (χ3v) is 2.12. The van der Waals surface area contributed by atoms with Crippen molar-refractivity contribution in [2.45, 2.75) is 26.7 Å². The Labute approximate surface area is 89.6 Å². The van der Waals surface area contributed by atoms with Crippen LogP contribution in [0, 0.1) is 0 Å². The number of aromatic amines is 1. The fraction of sp³-hybridized carbons (Fsp3) is 0.545. The second-order valence-electron chi connectivity index (χ2n) is 3.54. The van der Waals surface area contributed by atoms with Gasteiger partial charge < -0.3 is 14.5 Å². The van der Waals surface area contributed by atoms with Gasteiger partial charge in [0.15, 0.2) is 5.88 Å². The Morgan fingerprint density at radius 2 is 2.20 bits per heavy atom. The summed E-state index contributed by atoms with van der Waals surface area (Å²) in [5.41, 5.74) is 1.41. The van der Waals surface area contributed by atoms with Crippen LogP contribution in [0.4, 0.5) is 0 Å². The third kappa shape index (κ3) is 2.52. The molecular weight excluding hydrogens is 194 g/mol. The zero-order chi connectivity index (χ0) is 11.4. The topological polar surface area (TPSA) is 51.3 Å². The lowest BCUT2D eigenvalue weighted by Gasteiger charge is -2.05. The molecule has 0 radical (unpaired) electrons. The Balaban J connectivity index is 3.03. The second kappa shape index (κ2) is 4.87. The van der Waals surface area contributed by atoms with Gasteiger partial charge in [-0.25, -0.2) is 4.79 Å². The van der Waals surface area contributed by atoms with Crippen LogP contribution in [-0.4, -0.2) is 24.7 Å². The van der Waals surface area contributed by atoms with Gasteiger partial charge in [0.25, 0.3) is 0 Å². The summed E-state index contributed by atoms with van der Waals surface area (Å²) in [6, 6.07) is 1.67. The third-order valence-electron chi connectivity index (χ3n) is 2.12. The van der Waals surface area contributed by atoms with Crippen molar-refractivity contribution in [2.75, 3.05) is 13.7 Å². The van der Waals surface area contributed by atoms with Gasteiger partial charge in [-0.1, -0.05) is 13.8 Å². The number of ether oxygens (including phenoxy) is 2. The second-order valence-corrected chi connectivity index (χ2v) is 3.54. The highest BCUT2D eigenvalue weighted by atomic mass is 16.5. The zero-order valence-corrected chi connectivity index (χ0v) is 9.59. The van der Waals surface area contributed by atoms with Crippen LogP contribution in [0.25, 0.3) is 0 Å². The summed E-state index contributed by atoms with van der Waals surface area (Å²) in [5.74, 6) is 0.510. The number of aromatic nitrogens is 1. The molecular formula is C11H17NO3. The number of rotatable bonds is 4. The summed E-state index contributed by atoms with van der Waals surface area (Å²) in [5, 5.41) is 0. The molecule has 1 aromatic heterocycles. The van der Waals surface area contributed by atoms with Crippen LogP contribution < -0.4 is 4.74 Å². The van der Waals surface area contributed by atoms with Crippen molar-refractivity contribution in [3.63, 3.8) is 0 Å². The Morgan fingerprint density at radius 1 is 1.53 bits per heavy atom. The van der Waals surface area contributed by atoms with E-state index in [4.69, 9.17) is 9.47 Å². The summed E-state index contributed by atoms with van der Waals surface area (Å²) in [4.78, 5) is 14.6. The Hall–Kier alpha value is -1.45. The minimum Gasteiger partial charge on any atom is -0.482 e. The molecule has 84 valence electrons. The average molecular weight is 211 g/mol. The highest BCUT2D eigenvalue weighted by Gasteiger charge is 2.18. The molecule has 0 unspecified atom stereocenters. The molecule has 0 aromatic carbocycles. The number of hydrogen-bond acceptors (Lipinski definition) is 3. The molecule has 0 atom stereocenters. The van der Waals surface area contributed by atoms with Crippen LogP contribution in [-0.2, 0) is 4.74 Å². The molecule has 0 fully saturated rings. The first-order valence-electron chi connectivity index (χ1n) is 5.04. The van der Waals surface area contributed by atoms with Crippen LogP contribution in [0.5, 0.6) is 5.88 Å². The molecule has 0 bridgehead atoms. The van der Waals surface area contributed by atoms with E-state index in [9.17, 15) is 4.79 Å². The van der Waals surface area contributed by atoms with Gasteiger partial charge >= 0.3 is 5.97 Å². The highest BCUT2D eigenvalue weighted by molar-refractivity contribution is 5.91. The summed E-state index contributed by atoms with van der Waals surface area (Å²) in [7, 11) is 1.56. The lowest BCUT2D eigenvalue weighted by molar-refractivity contribution is 0.0524. The van der Waals surface area contributed by atoms with Crippen LogP contribution >= 0.6 is 0 Å². The van der Waals surface area contributed by atoms with E-state index < -0.39 is 0 Å². The minimum absolute atomic E-state index is 0.230. The summed E-state index contributed by atoms with van der Waals surface area (Å²) < 4.78 is 10.0. The predicted molar refractivity (Wildman–Crippen MR) is 57.4 cm³/mol. The van der Waals surface area contributed by atoms with Gasteiger partial charge in [-0.3, -0.25) is 0 Å². The van der Waals surface area contributed by atoms with Gasteiger partial charge in [0.1, 0.15) is 0 Å². The fourth-order valence-corrected chi connectivity index (χ4v) is 1.39. The number of hydrogen-bond donors (Lipinski definition) is 1. The van der Waals surface area contributed by atoms with Crippen molar-refractivity contribution in [3.8, 4) is 5.88 Å². The molecule has 0 amide bonds. The van der Waals surface area contributed by atoms with Crippen molar-refractivity contribution >= 4 is 5.97 Å². The maximum absolute atomic E-state index is 11.6. The number of esters is 1. The van der Waals surface area contributed by atoms with E-state index in [0.717, 1.165) is 5.69 Å². The summed E-state index contributed by atoms with van der Waals surface area (Å²) >= 11 is 0. The summed E-state index contributed by atoms with van der Waals surface area (Å²) in [6.45, 7) is 6.18. The van der Waals surface area contributed by atoms with Gasteiger partial charge in [0.05, 0.1) is 19.3 Å². The minimum atomic E-state index is -0.305. The maximum Gasteiger partial charge on any atom is 0.340 e. The SMILES string of the molecule is CCOC(=O)c1cc(OC)[nH]c1C(C)C. The van der Waals surface area contributed by atoms with E-state index in [1.807, 2.05) is 13.8 Å². The molecule has 4 heteroatoms. The van der Waals surface area contributed by atoms with Gasteiger partial charge in [0, 0.05) is 11.8 Å². The number of carbonyl (C=O) groups is 1. The molecule has 0 saturated carbocycles. The molecule has 15 heavy (non-hydrogen) atoms. The smallest absolute Gasteiger partial charge is 0.340 e. The van der Waals surface area contributed by atoms with Crippen LogP contribution in [0.15, 0.2) is 6.07 Å². The summed E-state index contributed by atoms with van der Waals surface area (Å²) in [6.07, 6.45) is 0. The van der Waals surface area contributed by atoms with E-state index in [1.165, 1.54) is 0 Å². The monoisotopic (exact) mass is 211 g/mol. The molecule has 0 aliphatic carbocycles. The van der Waals surface area contributed by atoms with Gasteiger partial charge in [-0.05, 0) is 12.8 Å². The van der Waals surface area contributed by atoms with Gasteiger partial charge in [-0.15, -0.1) is 0 Å². The molecule has 1 N–H and O–H groups in total. The molecule has 4 nitrogen and oxygen atoms in total. The molecule has 0 aliphatic rings. The number of nitrogens with one attached hydrogen (secondary N) is 1. The zero-order valence-electron chi connectivity index (χ0n) is 9.59. The van der Waals surface area contributed by atoms with Crippen molar-refractivity contribution in [2.24, 2.45) is 0 Å². The number of carbonyl (C=O) groups excluding carboxylic acids is 1. The van der Waals surface area contributed by atoms with Crippen molar-refractivity contribution in [1.82, 2.24) is 4.98 Å². The molecule has 1 heterocycles. The molecule has 1 aromatic rings. The molecule has 1 rings (SSSR count). The molecule has 0 spiro atoms. The van der Waals surface area contributed by atoms with Crippen LogP contribution in [0.3, 0.4) is 0 Å². The quantitative estimate of drug-likeness (QED) is 0.777. The van der Waals surface area contributed by atoms with E-state index in [0.29, 0.717) is 18.1 Å². The number of methoxy groups -OCH3 is 1. The van der Waals surface area contributed by atoms with Crippen molar-refractivity contribution in [3.05, 3.63) is 17.3 Å². The van der Waals surface area contributed by atoms with Crippen molar-refractivity contribution in [1.29, 1.82) is 0 Å². The standard InChI is InChI=1S/C11H17NO3/c1-5-15-11(13)8-6-9(14-4)12-10(8)7(2)3/h6-7,12H,5H2,1-4H3. The molecule has 0 saturated heterocycles. The first-order chi connectivity index (χ1) is 7.10. The van der Waals surface area contributed by atoms with Gasteiger partial charge in [-0.2, -0.15) is 0 Å². The van der Waals surface area contributed by atoms with Gasteiger partial charge in [0.2, 0.25) is 0 Å². The first kappa shape index (κ1) is 11.6. The first-order valence-corrected chi connectivity index (χ1v) is 5.04. The van der Waals surface area contributed by atoms with Crippen molar-refractivity contribution < 1.29 is 14.3 Å². The largest absolute Gasteiger partial charge is 0.482 e. The highest BCUT2D eigenvalue weighted by Crippen LogP contribution is 2.24. The number of H-pyrrole nitrogens is 1. The van der Waals surface area contributed by atoms with E-state index >= 15 is 0 Å². The van der Waals surface area contributed by atoms with E-state index in [-0.39, 0.29) is 11.9 Å². The fourth-order valence-electron chi connectivity index (χ4n) is 1.39. The van der Waals surface area contributed by atoms with Crippen LogP contribution in [0.2, 0.25) is 0 Å². The predicted octanol–water partition coefficient (Wildman–Crippen LogP) is 2.32. The van der Waals surface area contributed by atoms with E-state index in [2.05, 4.69) is 4.98 Å². The average Bonchev–Trinajstić information content (AvgIpc) is 2.61. The normalized spacial score (nSPS) is 10.5. The lowest BCUT2D eigenvalue weighted by Crippen LogP contribution is -2.07. The van der Waals surface area contributed by atoms with E-state index in [1.54, 1.807) is 20.1 Å².